The normalized spacial score (nSPS) is 14.0. The molecule has 11 N–H and O–H groups in total. The number of hydrogen-bond acceptors (Lipinski definition) is 9. The average Bonchev–Trinajstić information content (AvgIpc) is 3.51. The maximum absolute atomic E-state index is 13.1. The number of nitrogens with one attached hydrogen (secondary N) is 5. The molecule has 2 heterocycles. The van der Waals surface area contributed by atoms with Crippen molar-refractivity contribution in [3.63, 3.8) is 0 Å². The lowest BCUT2D eigenvalue weighted by Gasteiger charge is -2.24. The quantitative estimate of drug-likeness (QED) is 0.109. The van der Waals surface area contributed by atoms with Crippen LogP contribution in [-0.4, -0.2) is 89.9 Å². The van der Waals surface area contributed by atoms with Gasteiger partial charge >= 0.3 is 11.9 Å². The van der Waals surface area contributed by atoms with Crippen molar-refractivity contribution in [2.24, 2.45) is 11.5 Å². The highest BCUT2D eigenvalue weighted by Gasteiger charge is 2.32. The van der Waals surface area contributed by atoms with Crippen LogP contribution in [0, 0.1) is 0 Å². The van der Waals surface area contributed by atoms with E-state index in [1.807, 2.05) is 5.32 Å². The second-order valence-electron chi connectivity index (χ2n) is 7.96. The highest BCUT2D eigenvalue weighted by Crippen LogP contribution is 2.04. The summed E-state index contributed by atoms with van der Waals surface area (Å²) in [6.45, 7) is 0. The average molecular weight is 521 g/mol. The van der Waals surface area contributed by atoms with E-state index in [0.29, 0.717) is 11.4 Å². The Kier molecular flexibility index (Phi) is 10.2. The number of H-pyrrole nitrogens is 2. The number of carbonyl (C=O) groups is 6. The molecule has 2 aromatic heterocycles. The number of aromatic amines is 2. The summed E-state index contributed by atoms with van der Waals surface area (Å²) in [6, 6.07) is -5.91. The van der Waals surface area contributed by atoms with E-state index in [0.717, 1.165) is 0 Å². The molecule has 0 saturated heterocycles. The minimum absolute atomic E-state index is 0.0741. The molecule has 4 unspecified atom stereocenters. The second-order valence-corrected chi connectivity index (χ2v) is 7.96. The first-order valence-electron chi connectivity index (χ1n) is 10.8. The summed E-state index contributed by atoms with van der Waals surface area (Å²) in [5.41, 5.74) is 11.9. The number of carboxylic acid groups (broad SMARTS) is 2. The van der Waals surface area contributed by atoms with E-state index >= 15 is 0 Å². The topological polar surface area (TPSA) is 288 Å². The van der Waals surface area contributed by atoms with Crippen LogP contribution < -0.4 is 27.4 Å². The molecular formula is C20H27N9O8. The van der Waals surface area contributed by atoms with Gasteiger partial charge in [-0.25, -0.2) is 14.8 Å². The van der Waals surface area contributed by atoms with Crippen molar-refractivity contribution >= 4 is 35.6 Å². The second kappa shape index (κ2) is 13.3. The Labute approximate surface area is 208 Å². The van der Waals surface area contributed by atoms with Crippen LogP contribution >= 0.6 is 0 Å². The Balaban J connectivity index is 2.17. The molecule has 2 rings (SSSR count). The van der Waals surface area contributed by atoms with Gasteiger partial charge in [-0.15, -0.1) is 0 Å². The van der Waals surface area contributed by atoms with Gasteiger partial charge in [-0.3, -0.25) is 24.0 Å². The summed E-state index contributed by atoms with van der Waals surface area (Å²) < 4.78 is 0. The fourth-order valence-electron chi connectivity index (χ4n) is 3.16. The Morgan fingerprint density at radius 2 is 1.30 bits per heavy atom. The third-order valence-corrected chi connectivity index (χ3v) is 4.97. The van der Waals surface area contributed by atoms with Crippen molar-refractivity contribution in [3.8, 4) is 0 Å². The van der Waals surface area contributed by atoms with Crippen LogP contribution in [0.3, 0.4) is 0 Å². The predicted octanol–water partition coefficient (Wildman–Crippen LogP) is -3.87. The van der Waals surface area contributed by atoms with Gasteiger partial charge in [-0.2, -0.15) is 0 Å². The van der Waals surface area contributed by atoms with Crippen molar-refractivity contribution in [3.05, 3.63) is 36.4 Å². The number of hydrogen-bond donors (Lipinski definition) is 9. The van der Waals surface area contributed by atoms with Gasteiger partial charge in [-0.1, -0.05) is 0 Å². The SMILES string of the molecule is NC(=O)CC(NC(=O)C(CC(=O)O)NC(=O)C(Cc1cnc[nH]1)NC(=O)C(N)Cc1cnc[nH]1)C(=O)O. The highest BCUT2D eigenvalue weighted by atomic mass is 16.4. The van der Waals surface area contributed by atoms with Crippen LogP contribution in [0.2, 0.25) is 0 Å². The van der Waals surface area contributed by atoms with Gasteiger partial charge in [0, 0.05) is 36.6 Å². The third kappa shape index (κ3) is 9.40. The van der Waals surface area contributed by atoms with Gasteiger partial charge in [0.1, 0.15) is 18.1 Å². The van der Waals surface area contributed by atoms with E-state index in [1.165, 1.54) is 25.0 Å². The first-order valence-corrected chi connectivity index (χ1v) is 10.8. The fourth-order valence-corrected chi connectivity index (χ4v) is 3.16. The summed E-state index contributed by atoms with van der Waals surface area (Å²) in [7, 11) is 0. The van der Waals surface area contributed by atoms with E-state index in [-0.39, 0.29) is 12.8 Å². The fraction of sp³-hybridized carbons (Fsp3) is 0.400. The van der Waals surface area contributed by atoms with Crippen LogP contribution in [-0.2, 0) is 41.6 Å². The minimum atomic E-state index is -1.75. The lowest BCUT2D eigenvalue weighted by Crippen LogP contribution is -2.58. The molecule has 0 radical (unpaired) electrons. The molecule has 0 aliphatic heterocycles. The Morgan fingerprint density at radius 1 is 0.784 bits per heavy atom. The Bertz CT molecular complexity index is 1100. The summed E-state index contributed by atoms with van der Waals surface area (Å²) in [4.78, 5) is 85.3. The molecular weight excluding hydrogens is 494 g/mol. The number of carbonyl (C=O) groups excluding carboxylic acids is 4. The van der Waals surface area contributed by atoms with Gasteiger partial charge in [0.05, 0.1) is 31.5 Å². The van der Waals surface area contributed by atoms with Gasteiger partial charge in [0.25, 0.3) is 0 Å². The number of aliphatic carboxylic acids is 2. The van der Waals surface area contributed by atoms with Gasteiger partial charge < -0.3 is 47.6 Å². The zero-order chi connectivity index (χ0) is 27.5. The molecule has 0 fully saturated rings. The van der Waals surface area contributed by atoms with E-state index in [1.54, 1.807) is 0 Å². The van der Waals surface area contributed by atoms with Crippen molar-refractivity contribution < 1.29 is 39.0 Å². The summed E-state index contributed by atoms with van der Waals surface area (Å²) in [5, 5.41) is 25.0. The number of nitrogens with two attached hydrogens (primary N) is 2. The number of amides is 4. The highest BCUT2D eigenvalue weighted by molar-refractivity contribution is 5.96. The summed E-state index contributed by atoms with van der Waals surface area (Å²) >= 11 is 0. The van der Waals surface area contributed by atoms with Crippen LogP contribution in [0.25, 0.3) is 0 Å². The zero-order valence-electron chi connectivity index (χ0n) is 19.3. The van der Waals surface area contributed by atoms with Crippen LogP contribution in [0.4, 0.5) is 0 Å². The van der Waals surface area contributed by atoms with Gasteiger partial charge in [0.2, 0.25) is 23.6 Å². The first kappa shape index (κ1) is 28.4. The molecule has 0 aromatic carbocycles. The van der Waals surface area contributed by atoms with E-state index in [9.17, 15) is 39.0 Å². The lowest BCUT2D eigenvalue weighted by molar-refractivity contribution is -0.144. The number of imidazole rings is 2. The minimum Gasteiger partial charge on any atom is -0.481 e. The molecule has 17 nitrogen and oxygen atoms in total. The van der Waals surface area contributed by atoms with Crippen molar-refractivity contribution in [2.45, 2.75) is 49.9 Å². The number of nitrogens with zero attached hydrogens (tertiary/aromatic N) is 2. The van der Waals surface area contributed by atoms with Crippen molar-refractivity contribution in [1.29, 1.82) is 0 Å². The monoisotopic (exact) mass is 521 g/mol. The molecule has 4 amide bonds. The first-order chi connectivity index (χ1) is 17.5. The number of rotatable bonds is 15. The van der Waals surface area contributed by atoms with Gasteiger partial charge in [-0.05, 0) is 0 Å². The zero-order valence-corrected chi connectivity index (χ0v) is 19.3. The molecule has 200 valence electrons. The molecule has 0 saturated carbocycles. The molecule has 0 bridgehead atoms. The van der Waals surface area contributed by atoms with E-state index < -0.39 is 72.6 Å². The molecule has 17 heteroatoms. The molecule has 0 aliphatic rings. The van der Waals surface area contributed by atoms with E-state index in [4.69, 9.17) is 11.5 Å². The standard InChI is InChI=1S/C20H27N9O8/c21-11(1-9-5-23-7-25-9)17(33)27-12(2-10-6-24-8-26-10)18(34)28-13(4-16(31)32)19(35)29-14(20(36)37)3-15(22)30/h5-8,11-14H,1-4,21H2,(H2,22,30)(H,23,25)(H,24,26)(H,27,33)(H,28,34)(H,29,35)(H,31,32)(H,36,37). The molecule has 0 spiro atoms. The smallest absolute Gasteiger partial charge is 0.326 e. The van der Waals surface area contributed by atoms with Crippen LogP contribution in [0.5, 0.6) is 0 Å². The molecule has 0 aliphatic carbocycles. The lowest BCUT2D eigenvalue weighted by atomic mass is 10.1. The predicted molar refractivity (Wildman–Crippen MR) is 122 cm³/mol. The Hall–Kier alpha value is -4.80. The van der Waals surface area contributed by atoms with E-state index in [2.05, 4.69) is 30.6 Å². The summed E-state index contributed by atoms with van der Waals surface area (Å²) in [6.07, 6.45) is 3.85. The number of primary amides is 1. The summed E-state index contributed by atoms with van der Waals surface area (Å²) in [5.74, 6) is -6.98. The van der Waals surface area contributed by atoms with Crippen molar-refractivity contribution in [2.75, 3.05) is 0 Å². The van der Waals surface area contributed by atoms with Crippen LogP contribution in [0.1, 0.15) is 24.2 Å². The molecule has 2 aromatic rings. The largest absolute Gasteiger partial charge is 0.481 e. The maximum atomic E-state index is 13.1. The molecule has 37 heavy (non-hydrogen) atoms. The molecule has 4 atom stereocenters. The van der Waals surface area contributed by atoms with Crippen molar-refractivity contribution in [1.82, 2.24) is 35.9 Å². The number of carboxylic acids is 2. The maximum Gasteiger partial charge on any atom is 0.326 e. The third-order valence-electron chi connectivity index (χ3n) is 4.97. The van der Waals surface area contributed by atoms with Crippen LogP contribution in [0.15, 0.2) is 25.0 Å². The van der Waals surface area contributed by atoms with Gasteiger partial charge in [0.15, 0.2) is 0 Å². The Morgan fingerprint density at radius 3 is 1.78 bits per heavy atom. The number of aromatic nitrogens is 4.